The van der Waals surface area contributed by atoms with Crippen LogP contribution in [-0.4, -0.2) is 30.7 Å². The fraction of sp³-hybridized carbons (Fsp3) is 0.143. The molecule has 2 aromatic rings. The molecule has 78 valence electrons. The molecule has 0 saturated carbocycles. The number of rotatable bonds is 2. The van der Waals surface area contributed by atoms with Crippen molar-refractivity contribution in [3.05, 3.63) is 17.6 Å². The van der Waals surface area contributed by atoms with Gasteiger partial charge in [-0.1, -0.05) is 0 Å². The van der Waals surface area contributed by atoms with Crippen LogP contribution in [0.15, 0.2) is 11.1 Å². The zero-order valence-electron chi connectivity index (χ0n) is 7.25. The van der Waals surface area contributed by atoms with Gasteiger partial charge in [0.25, 0.3) is 5.78 Å². The Morgan fingerprint density at radius 3 is 2.93 bits per heavy atom. The molecule has 0 bridgehead atoms. The molecule has 6 nitrogen and oxygen atoms in total. The third kappa shape index (κ3) is 1.63. The Bertz CT molecular complexity index is 541. The summed E-state index contributed by atoms with van der Waals surface area (Å²) in [5.41, 5.74) is -0.203. The number of carboxylic acids is 1. The highest BCUT2D eigenvalue weighted by Crippen LogP contribution is 2.10. The molecule has 0 aromatic carbocycles. The van der Waals surface area contributed by atoms with Crippen molar-refractivity contribution in [3.8, 4) is 0 Å². The van der Waals surface area contributed by atoms with E-state index in [1.807, 2.05) is 0 Å². The molecule has 2 rings (SSSR count). The molecule has 0 aliphatic carbocycles. The summed E-state index contributed by atoms with van der Waals surface area (Å²) in [4.78, 5) is 18.0. The molecular weight excluding hydrogens is 223 g/mol. The van der Waals surface area contributed by atoms with Gasteiger partial charge in [0.05, 0.1) is 0 Å². The van der Waals surface area contributed by atoms with Crippen LogP contribution < -0.4 is 0 Å². The van der Waals surface area contributed by atoms with Crippen LogP contribution in [0.1, 0.15) is 16.3 Å². The molecular formula is C7H5FN4O2S. The number of halogens is 1. The van der Waals surface area contributed by atoms with Gasteiger partial charge in [-0.25, -0.2) is 14.2 Å². The number of fused-ring (bicyclic) bond motifs is 1. The molecule has 0 spiro atoms. The van der Waals surface area contributed by atoms with Crippen LogP contribution in [0.25, 0.3) is 5.78 Å². The van der Waals surface area contributed by atoms with Gasteiger partial charge in [0.15, 0.2) is 18.2 Å². The first-order valence-corrected chi connectivity index (χ1v) is 4.31. The zero-order valence-corrected chi connectivity index (χ0v) is 8.15. The number of carboxylic acid groups (broad SMARTS) is 1. The smallest absolute Gasteiger partial charge is 0.354 e. The first kappa shape index (κ1) is 9.84. The lowest BCUT2D eigenvalue weighted by molar-refractivity contribution is 0.0690. The normalized spacial score (nSPS) is 10.8. The van der Waals surface area contributed by atoms with Crippen LogP contribution in [0.3, 0.4) is 0 Å². The molecule has 0 saturated heterocycles. The summed E-state index contributed by atoms with van der Waals surface area (Å²) in [7, 11) is 0. The van der Waals surface area contributed by atoms with Gasteiger partial charge in [-0.3, -0.25) is 0 Å². The zero-order chi connectivity index (χ0) is 11.0. The summed E-state index contributed by atoms with van der Waals surface area (Å²) < 4.78 is 13.4. The van der Waals surface area contributed by atoms with E-state index in [1.54, 1.807) is 0 Å². The van der Waals surface area contributed by atoms with Crippen LogP contribution in [0.5, 0.6) is 0 Å². The minimum Gasteiger partial charge on any atom is -0.477 e. The van der Waals surface area contributed by atoms with Crippen LogP contribution in [0.4, 0.5) is 4.39 Å². The molecule has 15 heavy (non-hydrogen) atoms. The lowest BCUT2D eigenvalue weighted by Crippen LogP contribution is -2.04. The second-order valence-corrected chi connectivity index (χ2v) is 3.14. The summed E-state index contributed by atoms with van der Waals surface area (Å²) >= 11 is 4.00. The molecule has 2 heterocycles. The van der Waals surface area contributed by atoms with E-state index >= 15 is 0 Å². The van der Waals surface area contributed by atoms with E-state index in [2.05, 4.69) is 27.7 Å². The fourth-order valence-electron chi connectivity index (χ4n) is 1.06. The second kappa shape index (κ2) is 3.46. The van der Waals surface area contributed by atoms with Crippen LogP contribution in [0, 0.1) is 0 Å². The second-order valence-electron chi connectivity index (χ2n) is 2.68. The van der Waals surface area contributed by atoms with Crippen molar-refractivity contribution in [2.45, 2.75) is 11.7 Å². The van der Waals surface area contributed by atoms with E-state index < -0.39 is 12.6 Å². The van der Waals surface area contributed by atoms with E-state index in [4.69, 9.17) is 5.11 Å². The SMILES string of the molecule is O=C(O)c1cc(S)n2nc(CF)nc2n1. The maximum absolute atomic E-state index is 12.2. The van der Waals surface area contributed by atoms with Crippen molar-refractivity contribution in [1.29, 1.82) is 0 Å². The number of nitrogens with zero attached hydrogens (tertiary/aromatic N) is 4. The van der Waals surface area contributed by atoms with Gasteiger partial charge >= 0.3 is 5.97 Å². The summed E-state index contributed by atoms with van der Waals surface area (Å²) in [5.74, 6) is -1.23. The van der Waals surface area contributed by atoms with E-state index in [0.29, 0.717) is 0 Å². The summed E-state index contributed by atoms with van der Waals surface area (Å²) in [5, 5.41) is 12.7. The van der Waals surface area contributed by atoms with Crippen LogP contribution >= 0.6 is 12.6 Å². The molecule has 0 aliphatic heterocycles. The highest BCUT2D eigenvalue weighted by atomic mass is 32.1. The van der Waals surface area contributed by atoms with Crippen molar-refractivity contribution < 1.29 is 14.3 Å². The quantitative estimate of drug-likeness (QED) is 0.580. The van der Waals surface area contributed by atoms with Gasteiger partial charge in [-0.15, -0.1) is 17.7 Å². The van der Waals surface area contributed by atoms with E-state index in [9.17, 15) is 9.18 Å². The predicted molar refractivity (Wildman–Crippen MR) is 49.8 cm³/mol. The lowest BCUT2D eigenvalue weighted by Gasteiger charge is -1.97. The first-order chi connectivity index (χ1) is 7.11. The number of thiol groups is 1. The fourth-order valence-corrected chi connectivity index (χ4v) is 1.32. The number of hydrogen-bond donors (Lipinski definition) is 2. The Morgan fingerprint density at radius 1 is 1.60 bits per heavy atom. The Morgan fingerprint density at radius 2 is 2.33 bits per heavy atom. The van der Waals surface area contributed by atoms with Gasteiger partial charge in [-0.05, 0) is 0 Å². The van der Waals surface area contributed by atoms with Crippen molar-refractivity contribution in [2.24, 2.45) is 0 Å². The minimum absolute atomic E-state index is 0.0209. The minimum atomic E-state index is -1.20. The molecule has 8 heteroatoms. The molecule has 2 aromatic heterocycles. The van der Waals surface area contributed by atoms with Crippen molar-refractivity contribution in [3.63, 3.8) is 0 Å². The monoisotopic (exact) mass is 228 g/mol. The Labute approximate surface area is 88.2 Å². The van der Waals surface area contributed by atoms with Crippen molar-refractivity contribution >= 4 is 24.4 Å². The number of aromatic nitrogens is 4. The number of hydrogen-bond acceptors (Lipinski definition) is 5. The highest BCUT2D eigenvalue weighted by Gasteiger charge is 2.12. The van der Waals surface area contributed by atoms with Crippen LogP contribution in [0.2, 0.25) is 0 Å². The third-order valence-corrected chi connectivity index (χ3v) is 1.99. The van der Waals surface area contributed by atoms with Gasteiger partial charge in [0, 0.05) is 6.07 Å². The Kier molecular flexibility index (Phi) is 2.27. The molecule has 0 aliphatic rings. The Hall–Kier alpha value is -1.70. The standard InChI is InChI=1S/C7H5FN4O2S/c8-2-4-10-7-9-3(6(13)14)1-5(15)12(7)11-4/h1,15H,2H2,(H,13,14). The van der Waals surface area contributed by atoms with Crippen LogP contribution in [-0.2, 0) is 6.67 Å². The molecule has 0 unspecified atom stereocenters. The number of aromatic carboxylic acids is 1. The van der Waals surface area contributed by atoms with Gasteiger partial charge in [0.1, 0.15) is 5.03 Å². The predicted octanol–water partition coefficient (Wildman–Crippen LogP) is 0.581. The summed E-state index contributed by atoms with van der Waals surface area (Å²) in [6.45, 7) is -0.834. The van der Waals surface area contributed by atoms with Crippen molar-refractivity contribution in [1.82, 2.24) is 19.6 Å². The molecule has 0 atom stereocenters. The highest BCUT2D eigenvalue weighted by molar-refractivity contribution is 7.80. The Balaban J connectivity index is 2.70. The lowest BCUT2D eigenvalue weighted by atomic mass is 10.4. The largest absolute Gasteiger partial charge is 0.477 e. The third-order valence-electron chi connectivity index (χ3n) is 1.68. The van der Waals surface area contributed by atoms with Gasteiger partial charge < -0.3 is 5.11 Å². The number of alkyl halides is 1. The average Bonchev–Trinajstić information content (AvgIpc) is 2.61. The van der Waals surface area contributed by atoms with E-state index in [1.165, 1.54) is 10.6 Å². The van der Waals surface area contributed by atoms with E-state index in [-0.39, 0.29) is 22.3 Å². The average molecular weight is 228 g/mol. The summed E-state index contributed by atoms with van der Waals surface area (Å²) in [6.07, 6.45) is 0. The molecule has 1 N–H and O–H groups in total. The summed E-state index contributed by atoms with van der Waals surface area (Å²) in [6, 6.07) is 1.22. The number of carbonyl (C=O) groups is 1. The maximum atomic E-state index is 12.2. The molecule has 0 radical (unpaired) electrons. The maximum Gasteiger partial charge on any atom is 0.354 e. The first-order valence-electron chi connectivity index (χ1n) is 3.86. The van der Waals surface area contributed by atoms with Crippen molar-refractivity contribution in [2.75, 3.05) is 0 Å². The topological polar surface area (TPSA) is 80.4 Å². The van der Waals surface area contributed by atoms with Gasteiger partial charge in [0.2, 0.25) is 0 Å². The molecule has 0 amide bonds. The molecule has 0 fully saturated rings. The van der Waals surface area contributed by atoms with Gasteiger partial charge in [-0.2, -0.15) is 9.50 Å². The van der Waals surface area contributed by atoms with E-state index in [0.717, 1.165) is 0 Å².